The predicted octanol–water partition coefficient (Wildman–Crippen LogP) is 2.89. The summed E-state index contributed by atoms with van der Waals surface area (Å²) < 4.78 is 0. The Kier molecular flexibility index (Phi) is 7.60. The van der Waals surface area contributed by atoms with Crippen molar-refractivity contribution in [3.05, 3.63) is 35.4 Å². The van der Waals surface area contributed by atoms with E-state index in [1.165, 1.54) is 0 Å². The number of nitrogens with zero attached hydrogens (tertiary/aromatic N) is 1. The first-order valence-electron chi connectivity index (χ1n) is 8.31. The normalized spacial score (nSPS) is 14.7. The van der Waals surface area contributed by atoms with Crippen molar-refractivity contribution in [3.8, 4) is 6.07 Å². The first-order chi connectivity index (χ1) is 11.3. The number of ketones is 1. The molecule has 3 atom stereocenters. The maximum absolute atomic E-state index is 12.1. The molecule has 0 aliphatic heterocycles. The summed E-state index contributed by atoms with van der Waals surface area (Å²) in [5.41, 5.74) is 7.69. The Morgan fingerprint density at radius 3 is 2.25 bits per heavy atom. The molecule has 0 spiro atoms. The van der Waals surface area contributed by atoms with Gasteiger partial charge in [0.25, 0.3) is 0 Å². The molecule has 0 aliphatic carbocycles. The van der Waals surface area contributed by atoms with Crippen LogP contribution in [0.5, 0.6) is 0 Å². The van der Waals surface area contributed by atoms with Crippen molar-refractivity contribution < 1.29 is 14.7 Å². The largest absolute Gasteiger partial charge is 0.475 e. The van der Waals surface area contributed by atoms with Gasteiger partial charge in [0.05, 0.1) is 17.9 Å². The summed E-state index contributed by atoms with van der Waals surface area (Å²) in [7, 11) is 0. The molecule has 1 aromatic rings. The molecule has 0 bridgehead atoms. The Hall–Kier alpha value is -2.19. The predicted molar refractivity (Wildman–Crippen MR) is 92.4 cm³/mol. The highest BCUT2D eigenvalue weighted by atomic mass is 16.4. The lowest BCUT2D eigenvalue weighted by atomic mass is 9.82. The summed E-state index contributed by atoms with van der Waals surface area (Å²) in [5, 5.41) is 18.4. The van der Waals surface area contributed by atoms with Gasteiger partial charge in [-0.2, -0.15) is 5.26 Å². The first-order valence-corrected chi connectivity index (χ1v) is 8.31. The van der Waals surface area contributed by atoms with Crippen LogP contribution in [-0.4, -0.2) is 22.9 Å². The highest BCUT2D eigenvalue weighted by Gasteiger charge is 2.31. The molecule has 5 heteroatoms. The van der Waals surface area contributed by atoms with Crippen molar-refractivity contribution >= 4 is 11.8 Å². The fourth-order valence-electron chi connectivity index (χ4n) is 2.76. The smallest absolute Gasteiger partial charge is 0.372 e. The molecular weight excluding hydrogens is 304 g/mol. The van der Waals surface area contributed by atoms with Crippen LogP contribution in [0.1, 0.15) is 50.7 Å². The fourth-order valence-corrected chi connectivity index (χ4v) is 2.76. The number of rotatable bonds is 9. The highest BCUT2D eigenvalue weighted by molar-refractivity contribution is 6.34. The van der Waals surface area contributed by atoms with Crippen LogP contribution in [0, 0.1) is 23.2 Å². The third-order valence-corrected chi connectivity index (χ3v) is 4.20. The number of nitriles is 1. The van der Waals surface area contributed by atoms with E-state index < -0.39 is 23.6 Å². The van der Waals surface area contributed by atoms with Crippen molar-refractivity contribution in [2.45, 2.75) is 52.0 Å². The van der Waals surface area contributed by atoms with E-state index in [0.717, 1.165) is 12.0 Å². The molecule has 24 heavy (non-hydrogen) atoms. The average Bonchev–Trinajstić information content (AvgIpc) is 2.55. The van der Waals surface area contributed by atoms with Gasteiger partial charge in [-0.25, -0.2) is 4.79 Å². The third kappa shape index (κ3) is 5.47. The lowest BCUT2D eigenvalue weighted by Crippen LogP contribution is -2.32. The number of carbonyl (C=O) groups is 2. The number of hydrogen-bond acceptors (Lipinski definition) is 4. The minimum atomic E-state index is -1.48. The van der Waals surface area contributed by atoms with Gasteiger partial charge in [0, 0.05) is 6.04 Å². The van der Waals surface area contributed by atoms with Crippen molar-refractivity contribution in [2.24, 2.45) is 17.6 Å². The zero-order valence-corrected chi connectivity index (χ0v) is 14.5. The fraction of sp³-hybridized carbons (Fsp3) is 0.526. The van der Waals surface area contributed by atoms with Gasteiger partial charge >= 0.3 is 5.97 Å². The van der Waals surface area contributed by atoms with Crippen LogP contribution in [0.15, 0.2) is 24.3 Å². The highest BCUT2D eigenvalue weighted by Crippen LogP contribution is 2.27. The average molecular weight is 330 g/mol. The minimum absolute atomic E-state index is 0.125. The molecule has 1 aromatic carbocycles. The molecule has 5 nitrogen and oxygen atoms in total. The Labute approximate surface area is 143 Å². The number of carboxylic acid groups (broad SMARTS) is 1. The molecule has 0 aromatic heterocycles. The van der Waals surface area contributed by atoms with Crippen molar-refractivity contribution in [2.75, 3.05) is 0 Å². The maximum atomic E-state index is 12.1. The number of Topliss-reactive ketones (excluding diaryl/α,β-unsaturated/α-hetero) is 1. The van der Waals surface area contributed by atoms with Crippen LogP contribution in [0.2, 0.25) is 0 Å². The summed E-state index contributed by atoms with van der Waals surface area (Å²) in [6.07, 6.45) is 1.64. The number of carbonyl (C=O) groups excluding carboxylic acids is 1. The van der Waals surface area contributed by atoms with E-state index in [4.69, 9.17) is 10.8 Å². The number of carboxylic acids is 1. The number of benzene rings is 1. The Bertz CT molecular complexity index is 602. The third-order valence-electron chi connectivity index (χ3n) is 4.20. The van der Waals surface area contributed by atoms with Crippen LogP contribution in [-0.2, 0) is 16.0 Å². The molecular formula is C19H26N2O3. The number of nitrogens with two attached hydrogens (primary N) is 1. The Morgan fingerprint density at radius 2 is 1.83 bits per heavy atom. The zero-order chi connectivity index (χ0) is 18.3. The van der Waals surface area contributed by atoms with E-state index in [1.807, 2.05) is 19.1 Å². The lowest BCUT2D eigenvalue weighted by Gasteiger charge is -2.21. The van der Waals surface area contributed by atoms with E-state index >= 15 is 0 Å². The van der Waals surface area contributed by atoms with E-state index in [1.54, 1.807) is 12.1 Å². The molecule has 0 saturated carbocycles. The molecule has 0 amide bonds. The van der Waals surface area contributed by atoms with Gasteiger partial charge in [0.1, 0.15) is 0 Å². The van der Waals surface area contributed by atoms with Crippen molar-refractivity contribution in [1.82, 2.24) is 0 Å². The van der Waals surface area contributed by atoms with Gasteiger partial charge < -0.3 is 10.8 Å². The molecule has 1 rings (SSSR count). The second kappa shape index (κ2) is 9.19. The second-order valence-electron chi connectivity index (χ2n) is 6.60. The standard InChI is InChI=1S/C19H26N2O3/c1-4-17(21)15(11-20)10-16(18(22)19(23)24)14-7-5-13(6-8-14)9-12(2)3/h5-8,12,15-17H,4,9-10,21H2,1-3H3,(H,23,24)/t15?,16-,17+/m1/s1. The van der Waals surface area contributed by atoms with Crippen LogP contribution < -0.4 is 5.73 Å². The van der Waals surface area contributed by atoms with Crippen LogP contribution in [0.25, 0.3) is 0 Å². The monoisotopic (exact) mass is 330 g/mol. The molecule has 0 aliphatic rings. The minimum Gasteiger partial charge on any atom is -0.475 e. The molecule has 3 N–H and O–H groups in total. The molecule has 0 saturated heterocycles. The van der Waals surface area contributed by atoms with Crippen molar-refractivity contribution in [3.63, 3.8) is 0 Å². The first kappa shape index (κ1) is 19.9. The van der Waals surface area contributed by atoms with Gasteiger partial charge in [-0.3, -0.25) is 4.79 Å². The second-order valence-corrected chi connectivity index (χ2v) is 6.60. The van der Waals surface area contributed by atoms with Crippen LogP contribution in [0.4, 0.5) is 0 Å². The molecule has 0 fully saturated rings. The van der Waals surface area contributed by atoms with Crippen LogP contribution in [0.3, 0.4) is 0 Å². The molecule has 1 unspecified atom stereocenters. The Balaban J connectivity index is 3.08. The zero-order valence-electron chi connectivity index (χ0n) is 14.5. The van der Waals surface area contributed by atoms with Gasteiger partial charge in [-0.15, -0.1) is 0 Å². The van der Waals surface area contributed by atoms with Gasteiger partial charge in [0.2, 0.25) is 5.78 Å². The number of hydrogen-bond donors (Lipinski definition) is 2. The molecule has 0 radical (unpaired) electrons. The summed E-state index contributed by atoms with van der Waals surface area (Å²) >= 11 is 0. The summed E-state index contributed by atoms with van der Waals surface area (Å²) in [6.45, 7) is 6.10. The topological polar surface area (TPSA) is 104 Å². The quantitative estimate of drug-likeness (QED) is 0.677. The van der Waals surface area contributed by atoms with E-state index in [2.05, 4.69) is 19.9 Å². The van der Waals surface area contributed by atoms with Crippen molar-refractivity contribution in [1.29, 1.82) is 5.26 Å². The van der Waals surface area contributed by atoms with Crippen LogP contribution >= 0.6 is 0 Å². The molecule has 130 valence electrons. The Morgan fingerprint density at radius 1 is 1.25 bits per heavy atom. The van der Waals surface area contributed by atoms with Gasteiger partial charge in [-0.1, -0.05) is 45.0 Å². The van der Waals surface area contributed by atoms with E-state index in [-0.39, 0.29) is 12.5 Å². The van der Waals surface area contributed by atoms with E-state index in [0.29, 0.717) is 17.9 Å². The summed E-state index contributed by atoms with van der Waals surface area (Å²) in [6, 6.07) is 9.14. The van der Waals surface area contributed by atoms with Gasteiger partial charge in [0.15, 0.2) is 0 Å². The SMILES string of the molecule is CC[C@H](N)C(C#N)C[C@@H](C(=O)C(=O)O)c1ccc(CC(C)C)cc1. The van der Waals surface area contributed by atoms with Gasteiger partial charge in [-0.05, 0) is 36.3 Å². The summed E-state index contributed by atoms with van der Waals surface area (Å²) in [5.74, 6) is -3.27. The van der Waals surface area contributed by atoms with E-state index in [9.17, 15) is 14.9 Å². The maximum Gasteiger partial charge on any atom is 0.372 e. The lowest BCUT2D eigenvalue weighted by molar-refractivity contribution is -0.150. The molecule has 0 heterocycles. The summed E-state index contributed by atoms with van der Waals surface area (Å²) in [4.78, 5) is 23.3. The number of aliphatic carboxylic acids is 1.